The third-order valence-electron chi connectivity index (χ3n) is 2.43. The monoisotopic (exact) mass is 224 g/mol. The van der Waals surface area contributed by atoms with Gasteiger partial charge < -0.3 is 4.74 Å². The topological polar surface area (TPSA) is 26.3 Å². The Hall–Kier alpha value is -0.960. The Balaban J connectivity index is 3.17. The Bertz CT molecular complexity index is 366. The van der Waals surface area contributed by atoms with Crippen LogP contribution in [0.2, 0.25) is 0 Å². The highest BCUT2D eigenvalue weighted by atomic mass is 32.2. The molecule has 0 saturated carbocycles. The molecule has 0 aromatic carbocycles. The number of rotatable bonds is 3. The van der Waals surface area contributed by atoms with Crippen molar-refractivity contribution in [2.45, 2.75) is 25.5 Å². The maximum absolute atomic E-state index is 11.6. The molecule has 1 rings (SSSR count). The van der Waals surface area contributed by atoms with E-state index in [4.69, 9.17) is 4.74 Å². The third-order valence-corrected chi connectivity index (χ3v) is 3.65. The third kappa shape index (κ3) is 2.17. The number of hydrogen-bond acceptors (Lipinski definition) is 3. The molecule has 0 N–H and O–H groups in total. The zero-order valence-electron chi connectivity index (χ0n) is 9.59. The second-order valence-corrected chi connectivity index (χ2v) is 5.17. The highest BCUT2D eigenvalue weighted by Gasteiger charge is 2.41. The summed E-state index contributed by atoms with van der Waals surface area (Å²) in [6.07, 6.45) is 3.79. The van der Waals surface area contributed by atoms with Gasteiger partial charge in [0.2, 0.25) is 5.12 Å². The molecule has 0 aliphatic carbocycles. The predicted molar refractivity (Wildman–Crippen MR) is 64.7 cm³/mol. The van der Waals surface area contributed by atoms with Crippen LogP contribution in [0.25, 0.3) is 0 Å². The molecule has 0 unspecified atom stereocenters. The van der Waals surface area contributed by atoms with Crippen LogP contribution in [0, 0.1) is 0 Å². The Kier molecular flexibility index (Phi) is 3.45. The fraction of sp³-hybridized carbons (Fsp3) is 0.417. The van der Waals surface area contributed by atoms with Crippen molar-refractivity contribution in [3.63, 3.8) is 0 Å². The lowest BCUT2D eigenvalue weighted by Crippen LogP contribution is -2.19. The fourth-order valence-electron chi connectivity index (χ4n) is 1.72. The minimum atomic E-state index is -0.381. The highest BCUT2D eigenvalue weighted by molar-refractivity contribution is 8.16. The van der Waals surface area contributed by atoms with E-state index in [9.17, 15) is 4.79 Å². The molecule has 0 spiro atoms. The van der Waals surface area contributed by atoms with E-state index in [-0.39, 0.29) is 9.86 Å². The maximum atomic E-state index is 11.6. The van der Waals surface area contributed by atoms with Gasteiger partial charge in [0.1, 0.15) is 5.76 Å². The zero-order chi connectivity index (χ0) is 11.6. The van der Waals surface area contributed by atoms with E-state index in [1.807, 2.05) is 19.9 Å². The van der Waals surface area contributed by atoms with E-state index in [1.165, 1.54) is 11.8 Å². The summed E-state index contributed by atoms with van der Waals surface area (Å²) >= 11 is 1.29. The van der Waals surface area contributed by atoms with Crippen LogP contribution in [0.3, 0.4) is 0 Å². The molecule has 1 aliphatic heterocycles. The summed E-state index contributed by atoms with van der Waals surface area (Å²) in [6.45, 7) is 9.45. The van der Waals surface area contributed by atoms with Crippen LogP contribution >= 0.6 is 11.8 Å². The van der Waals surface area contributed by atoms with Gasteiger partial charge in [-0.05, 0) is 20.8 Å². The van der Waals surface area contributed by atoms with Crippen molar-refractivity contribution in [3.8, 4) is 0 Å². The van der Waals surface area contributed by atoms with Crippen molar-refractivity contribution in [3.05, 3.63) is 35.6 Å². The van der Waals surface area contributed by atoms with Crippen molar-refractivity contribution in [2.75, 3.05) is 7.11 Å². The molecule has 3 heteroatoms. The highest BCUT2D eigenvalue weighted by Crippen LogP contribution is 2.45. The second-order valence-electron chi connectivity index (χ2n) is 3.75. The quantitative estimate of drug-likeness (QED) is 0.689. The summed E-state index contributed by atoms with van der Waals surface area (Å²) in [6, 6.07) is 0. The molecule has 0 bridgehead atoms. The molecule has 1 aliphatic rings. The van der Waals surface area contributed by atoms with Crippen LogP contribution in [0.4, 0.5) is 0 Å². The van der Waals surface area contributed by atoms with Gasteiger partial charge in [-0.3, -0.25) is 4.79 Å². The van der Waals surface area contributed by atoms with Gasteiger partial charge in [0, 0.05) is 5.57 Å². The van der Waals surface area contributed by atoms with Crippen molar-refractivity contribution in [1.82, 2.24) is 0 Å². The Morgan fingerprint density at radius 1 is 1.60 bits per heavy atom. The van der Waals surface area contributed by atoms with Gasteiger partial charge in [0.15, 0.2) is 0 Å². The fourth-order valence-corrected chi connectivity index (χ4v) is 2.93. The van der Waals surface area contributed by atoms with Crippen molar-refractivity contribution >= 4 is 16.9 Å². The largest absolute Gasteiger partial charge is 0.499 e. The standard InChI is InChI=1S/C12H16O2S/c1-6-8(2)7-12(4)10(14-5)9(3)11(13)15-12/h6-7H,1H2,2-5H3/b8-7-/t12-/m1/s1. The first-order valence-corrected chi connectivity index (χ1v) is 5.57. The van der Waals surface area contributed by atoms with Crippen LogP contribution < -0.4 is 0 Å². The van der Waals surface area contributed by atoms with Gasteiger partial charge in [-0.15, -0.1) is 0 Å². The molecular weight excluding hydrogens is 208 g/mol. The summed E-state index contributed by atoms with van der Waals surface area (Å²) in [5.41, 5.74) is 1.75. The summed E-state index contributed by atoms with van der Waals surface area (Å²) in [4.78, 5) is 11.6. The van der Waals surface area contributed by atoms with Crippen LogP contribution in [0.1, 0.15) is 20.8 Å². The second kappa shape index (κ2) is 4.27. The molecular formula is C12H16O2S. The zero-order valence-corrected chi connectivity index (χ0v) is 10.4. The molecule has 0 radical (unpaired) electrons. The first-order chi connectivity index (χ1) is 6.94. The van der Waals surface area contributed by atoms with E-state index in [0.717, 1.165) is 11.3 Å². The van der Waals surface area contributed by atoms with E-state index in [1.54, 1.807) is 20.1 Å². The van der Waals surface area contributed by atoms with E-state index in [0.29, 0.717) is 5.57 Å². The molecule has 0 amide bonds. The predicted octanol–water partition coefficient (Wildman–Crippen LogP) is 3.07. The SMILES string of the molecule is C=C/C(C)=C\[C@@]1(C)SC(=O)C(C)=C1OC. The maximum Gasteiger partial charge on any atom is 0.219 e. The Labute approximate surface area is 95.1 Å². The summed E-state index contributed by atoms with van der Waals surface area (Å²) < 4.78 is 4.93. The Morgan fingerprint density at radius 3 is 2.67 bits per heavy atom. The number of allylic oxidation sites excluding steroid dienone is 2. The van der Waals surface area contributed by atoms with Crippen molar-refractivity contribution in [2.24, 2.45) is 0 Å². The molecule has 0 saturated heterocycles. The number of hydrogen-bond donors (Lipinski definition) is 0. The molecule has 15 heavy (non-hydrogen) atoms. The number of carbonyl (C=O) groups excluding carboxylic acids is 1. The van der Waals surface area contributed by atoms with E-state index < -0.39 is 0 Å². The smallest absolute Gasteiger partial charge is 0.219 e. The van der Waals surface area contributed by atoms with Crippen molar-refractivity contribution in [1.29, 1.82) is 0 Å². The number of ether oxygens (including phenoxy) is 1. The lowest BCUT2D eigenvalue weighted by Gasteiger charge is -2.21. The van der Waals surface area contributed by atoms with Gasteiger partial charge >= 0.3 is 0 Å². The molecule has 0 aromatic heterocycles. The van der Waals surface area contributed by atoms with E-state index >= 15 is 0 Å². The first-order valence-electron chi connectivity index (χ1n) is 4.75. The van der Waals surface area contributed by atoms with E-state index in [2.05, 4.69) is 6.58 Å². The van der Waals surface area contributed by atoms with Gasteiger partial charge in [0.05, 0.1) is 11.9 Å². The van der Waals surface area contributed by atoms with Gasteiger partial charge in [-0.2, -0.15) is 0 Å². The minimum Gasteiger partial charge on any atom is -0.499 e. The average molecular weight is 224 g/mol. The van der Waals surface area contributed by atoms with Crippen LogP contribution in [0.5, 0.6) is 0 Å². The van der Waals surface area contributed by atoms with Crippen LogP contribution in [0.15, 0.2) is 35.6 Å². The van der Waals surface area contributed by atoms with Crippen molar-refractivity contribution < 1.29 is 9.53 Å². The molecule has 0 fully saturated rings. The summed E-state index contributed by atoms with van der Waals surface area (Å²) in [5.74, 6) is 0.749. The lowest BCUT2D eigenvalue weighted by molar-refractivity contribution is -0.107. The number of thioether (sulfide) groups is 1. The Morgan fingerprint density at radius 2 is 2.20 bits per heavy atom. The molecule has 82 valence electrons. The molecule has 1 atom stereocenters. The van der Waals surface area contributed by atoms with Gasteiger partial charge in [-0.25, -0.2) is 0 Å². The van der Waals surface area contributed by atoms with Gasteiger partial charge in [0.25, 0.3) is 0 Å². The number of methoxy groups -OCH3 is 1. The average Bonchev–Trinajstić information content (AvgIpc) is 2.37. The molecule has 2 nitrogen and oxygen atoms in total. The summed E-state index contributed by atoms with van der Waals surface area (Å²) in [7, 11) is 1.60. The normalized spacial score (nSPS) is 27.2. The molecule has 0 aromatic rings. The van der Waals surface area contributed by atoms with Gasteiger partial charge in [-0.1, -0.05) is 36.1 Å². The first kappa shape index (κ1) is 12.1. The minimum absolute atomic E-state index is 0.0856. The van der Waals surface area contributed by atoms with Crippen LogP contribution in [-0.4, -0.2) is 17.0 Å². The number of carbonyl (C=O) groups is 1. The van der Waals surface area contributed by atoms with Crippen LogP contribution in [-0.2, 0) is 9.53 Å². The molecule has 1 heterocycles. The summed E-state index contributed by atoms with van der Waals surface area (Å²) in [5, 5.41) is 0.0856. The lowest BCUT2D eigenvalue weighted by atomic mass is 10.0.